The molecule has 2 heteroatoms. The van der Waals surface area contributed by atoms with Crippen molar-refractivity contribution in [1.82, 2.24) is 0 Å². The van der Waals surface area contributed by atoms with Gasteiger partial charge in [-0.1, -0.05) is 12.2 Å². The zero-order valence-corrected chi connectivity index (χ0v) is 5.33. The average molecular weight is 128 g/mol. The maximum atomic E-state index is 8.65. The second-order valence-electron chi connectivity index (χ2n) is 2.51. The van der Waals surface area contributed by atoms with Crippen LogP contribution in [0.15, 0.2) is 12.2 Å². The Labute approximate surface area is 54.8 Å². The Morgan fingerprint density at radius 1 is 1.11 bits per heavy atom. The zero-order valence-electron chi connectivity index (χ0n) is 5.33. The van der Waals surface area contributed by atoms with Gasteiger partial charge in [-0.25, -0.2) is 0 Å². The highest BCUT2D eigenvalue weighted by atomic mass is 16.3. The van der Waals surface area contributed by atoms with Gasteiger partial charge in [-0.15, -0.1) is 0 Å². The number of hydrogen-bond donors (Lipinski definition) is 2. The molecule has 0 radical (unpaired) electrons. The monoisotopic (exact) mass is 128 g/mol. The second-order valence-corrected chi connectivity index (χ2v) is 2.51. The van der Waals surface area contributed by atoms with Gasteiger partial charge in [0.15, 0.2) is 0 Å². The summed E-state index contributed by atoms with van der Waals surface area (Å²) in [6, 6.07) is 0. The third-order valence-electron chi connectivity index (χ3n) is 1.73. The molecule has 2 atom stereocenters. The van der Waals surface area contributed by atoms with Crippen molar-refractivity contribution in [1.29, 1.82) is 0 Å². The normalized spacial score (nSPS) is 33.6. The minimum Gasteiger partial charge on any atom is -0.396 e. The first kappa shape index (κ1) is 6.78. The SMILES string of the molecule is OC[C@H]1C=C[C@@H](CO)C1. The van der Waals surface area contributed by atoms with Gasteiger partial charge in [0.05, 0.1) is 0 Å². The minimum atomic E-state index is 0.215. The van der Waals surface area contributed by atoms with Crippen molar-refractivity contribution in [3.63, 3.8) is 0 Å². The summed E-state index contributed by atoms with van der Waals surface area (Å²) in [6.45, 7) is 0.431. The van der Waals surface area contributed by atoms with E-state index in [1.54, 1.807) is 0 Å². The van der Waals surface area contributed by atoms with Crippen molar-refractivity contribution in [3.8, 4) is 0 Å². The maximum Gasteiger partial charge on any atom is 0.0494 e. The van der Waals surface area contributed by atoms with Gasteiger partial charge in [0, 0.05) is 25.0 Å². The summed E-state index contributed by atoms with van der Waals surface area (Å²) in [5.74, 6) is 0.587. The maximum absolute atomic E-state index is 8.65. The molecule has 0 fully saturated rings. The summed E-state index contributed by atoms with van der Waals surface area (Å²) in [5, 5.41) is 17.3. The molecular weight excluding hydrogens is 116 g/mol. The predicted molar refractivity (Wildman–Crippen MR) is 34.9 cm³/mol. The molecule has 0 aliphatic heterocycles. The van der Waals surface area contributed by atoms with Crippen molar-refractivity contribution in [2.45, 2.75) is 6.42 Å². The van der Waals surface area contributed by atoms with Crippen LogP contribution in [0.3, 0.4) is 0 Å². The van der Waals surface area contributed by atoms with Crippen LogP contribution < -0.4 is 0 Å². The molecule has 1 aliphatic carbocycles. The van der Waals surface area contributed by atoms with Crippen molar-refractivity contribution in [3.05, 3.63) is 12.2 Å². The van der Waals surface area contributed by atoms with Crippen molar-refractivity contribution >= 4 is 0 Å². The lowest BCUT2D eigenvalue weighted by Gasteiger charge is -2.04. The second kappa shape index (κ2) is 2.99. The molecule has 0 aromatic rings. The number of aliphatic hydroxyl groups excluding tert-OH is 2. The Kier molecular flexibility index (Phi) is 2.25. The summed E-state index contributed by atoms with van der Waals surface area (Å²) >= 11 is 0. The summed E-state index contributed by atoms with van der Waals surface area (Å²) in [7, 11) is 0. The van der Waals surface area contributed by atoms with E-state index in [2.05, 4.69) is 0 Å². The van der Waals surface area contributed by atoms with Gasteiger partial charge in [-0.2, -0.15) is 0 Å². The van der Waals surface area contributed by atoms with E-state index >= 15 is 0 Å². The van der Waals surface area contributed by atoms with Gasteiger partial charge >= 0.3 is 0 Å². The fourth-order valence-electron chi connectivity index (χ4n) is 1.13. The van der Waals surface area contributed by atoms with Gasteiger partial charge in [0.25, 0.3) is 0 Å². The molecule has 0 aromatic heterocycles. The fraction of sp³-hybridized carbons (Fsp3) is 0.714. The van der Waals surface area contributed by atoms with E-state index in [1.165, 1.54) is 0 Å². The third-order valence-corrected chi connectivity index (χ3v) is 1.73. The Morgan fingerprint density at radius 2 is 1.56 bits per heavy atom. The molecule has 0 saturated heterocycles. The van der Waals surface area contributed by atoms with Gasteiger partial charge in [0.1, 0.15) is 0 Å². The summed E-state index contributed by atoms with van der Waals surface area (Å²) in [6.07, 6.45) is 4.86. The fourth-order valence-corrected chi connectivity index (χ4v) is 1.13. The van der Waals surface area contributed by atoms with Gasteiger partial charge in [0.2, 0.25) is 0 Å². The summed E-state index contributed by atoms with van der Waals surface area (Å²) in [4.78, 5) is 0. The molecule has 0 aromatic carbocycles. The Hall–Kier alpha value is -0.340. The first-order valence-corrected chi connectivity index (χ1v) is 3.27. The van der Waals surface area contributed by atoms with Crippen LogP contribution in [0.25, 0.3) is 0 Å². The van der Waals surface area contributed by atoms with Crippen LogP contribution in [0.5, 0.6) is 0 Å². The standard InChI is InChI=1S/C7H12O2/c8-4-6-1-2-7(3-6)5-9/h1-2,6-9H,3-5H2/t6-,7+. The van der Waals surface area contributed by atoms with E-state index < -0.39 is 0 Å². The molecule has 9 heavy (non-hydrogen) atoms. The topological polar surface area (TPSA) is 40.5 Å². The molecular formula is C7H12O2. The highest BCUT2D eigenvalue weighted by Gasteiger charge is 2.16. The zero-order chi connectivity index (χ0) is 6.69. The Balaban J connectivity index is 2.31. The Morgan fingerprint density at radius 3 is 1.78 bits per heavy atom. The molecule has 1 rings (SSSR count). The van der Waals surface area contributed by atoms with E-state index in [-0.39, 0.29) is 13.2 Å². The largest absolute Gasteiger partial charge is 0.396 e. The first-order valence-electron chi connectivity index (χ1n) is 3.27. The summed E-state index contributed by atoms with van der Waals surface area (Å²) in [5.41, 5.74) is 0. The lowest BCUT2D eigenvalue weighted by atomic mass is 10.1. The first-order chi connectivity index (χ1) is 4.36. The van der Waals surface area contributed by atoms with E-state index in [4.69, 9.17) is 10.2 Å². The van der Waals surface area contributed by atoms with Crippen molar-refractivity contribution < 1.29 is 10.2 Å². The van der Waals surface area contributed by atoms with Crippen LogP contribution in [-0.4, -0.2) is 23.4 Å². The minimum absolute atomic E-state index is 0.215. The average Bonchev–Trinajstić information content (AvgIpc) is 2.34. The number of aliphatic hydroxyl groups is 2. The Bertz CT molecular complexity index is 97.5. The van der Waals surface area contributed by atoms with E-state index in [0.717, 1.165) is 6.42 Å². The molecule has 0 saturated carbocycles. The molecule has 52 valence electrons. The van der Waals surface area contributed by atoms with Crippen molar-refractivity contribution in [2.24, 2.45) is 11.8 Å². The molecule has 0 bridgehead atoms. The van der Waals surface area contributed by atoms with Crippen LogP contribution in [-0.2, 0) is 0 Å². The third kappa shape index (κ3) is 1.53. The summed E-state index contributed by atoms with van der Waals surface area (Å²) < 4.78 is 0. The molecule has 0 amide bonds. The molecule has 2 nitrogen and oxygen atoms in total. The molecule has 0 spiro atoms. The predicted octanol–water partition coefficient (Wildman–Crippen LogP) is 0.163. The van der Waals surface area contributed by atoms with Gasteiger partial charge in [-0.3, -0.25) is 0 Å². The van der Waals surface area contributed by atoms with E-state index in [9.17, 15) is 0 Å². The van der Waals surface area contributed by atoms with Crippen LogP contribution in [0.2, 0.25) is 0 Å². The van der Waals surface area contributed by atoms with Crippen LogP contribution in [0.4, 0.5) is 0 Å². The van der Waals surface area contributed by atoms with E-state index in [0.29, 0.717) is 11.8 Å². The molecule has 2 N–H and O–H groups in total. The van der Waals surface area contributed by atoms with Gasteiger partial charge < -0.3 is 10.2 Å². The number of rotatable bonds is 2. The highest BCUT2D eigenvalue weighted by molar-refractivity contribution is 5.01. The van der Waals surface area contributed by atoms with Crippen LogP contribution in [0.1, 0.15) is 6.42 Å². The lowest BCUT2D eigenvalue weighted by Crippen LogP contribution is -2.04. The van der Waals surface area contributed by atoms with Crippen LogP contribution in [0, 0.1) is 11.8 Å². The van der Waals surface area contributed by atoms with Crippen LogP contribution >= 0.6 is 0 Å². The smallest absolute Gasteiger partial charge is 0.0494 e. The van der Waals surface area contributed by atoms with Gasteiger partial charge in [-0.05, 0) is 6.42 Å². The number of hydrogen-bond acceptors (Lipinski definition) is 2. The van der Waals surface area contributed by atoms with E-state index in [1.807, 2.05) is 12.2 Å². The highest BCUT2D eigenvalue weighted by Crippen LogP contribution is 2.21. The molecule has 1 aliphatic rings. The van der Waals surface area contributed by atoms with Crippen molar-refractivity contribution in [2.75, 3.05) is 13.2 Å². The molecule has 0 heterocycles. The lowest BCUT2D eigenvalue weighted by molar-refractivity contribution is 0.212. The quantitative estimate of drug-likeness (QED) is 0.520. The molecule has 0 unspecified atom stereocenters.